The van der Waals surface area contributed by atoms with Crippen LogP contribution in [0.25, 0.3) is 0 Å². The SMILES string of the molecule is CC(O)CNCCNc1ccc(S(=O)(=O)C(F)(F)F)cc1. The number of benzene rings is 1. The number of rotatable bonds is 7. The van der Waals surface area contributed by atoms with Crippen molar-refractivity contribution < 1.29 is 26.7 Å². The second-order valence-corrected chi connectivity index (χ2v) is 6.39. The first-order valence-electron chi connectivity index (χ1n) is 6.18. The van der Waals surface area contributed by atoms with E-state index in [0.29, 0.717) is 25.3 Å². The summed E-state index contributed by atoms with van der Waals surface area (Å²) in [6.07, 6.45) is -0.461. The second-order valence-electron chi connectivity index (χ2n) is 4.45. The minimum atomic E-state index is -5.30. The first-order valence-corrected chi connectivity index (χ1v) is 7.67. The summed E-state index contributed by atoms with van der Waals surface area (Å²) >= 11 is 0. The van der Waals surface area contributed by atoms with Gasteiger partial charge < -0.3 is 15.7 Å². The van der Waals surface area contributed by atoms with Crippen LogP contribution >= 0.6 is 0 Å². The molecule has 0 aliphatic carbocycles. The van der Waals surface area contributed by atoms with Crippen LogP contribution in [0.2, 0.25) is 0 Å². The van der Waals surface area contributed by atoms with Crippen LogP contribution in [0.4, 0.5) is 18.9 Å². The molecule has 0 radical (unpaired) electrons. The van der Waals surface area contributed by atoms with Gasteiger partial charge in [-0.05, 0) is 31.2 Å². The molecule has 1 unspecified atom stereocenters. The molecule has 21 heavy (non-hydrogen) atoms. The molecular formula is C12H17F3N2O3S. The van der Waals surface area contributed by atoms with E-state index in [9.17, 15) is 21.6 Å². The number of sulfone groups is 1. The van der Waals surface area contributed by atoms with Crippen LogP contribution in [0.15, 0.2) is 29.2 Å². The van der Waals surface area contributed by atoms with E-state index in [1.807, 2.05) is 0 Å². The van der Waals surface area contributed by atoms with E-state index in [-0.39, 0.29) is 0 Å². The van der Waals surface area contributed by atoms with E-state index < -0.39 is 26.3 Å². The van der Waals surface area contributed by atoms with E-state index in [0.717, 1.165) is 12.1 Å². The molecule has 9 heteroatoms. The van der Waals surface area contributed by atoms with Gasteiger partial charge in [0.2, 0.25) is 0 Å². The number of anilines is 1. The summed E-state index contributed by atoms with van der Waals surface area (Å²) in [4.78, 5) is -0.784. The molecule has 0 saturated carbocycles. The number of nitrogens with one attached hydrogen (secondary N) is 2. The molecule has 0 fully saturated rings. The molecule has 3 N–H and O–H groups in total. The highest BCUT2D eigenvalue weighted by Crippen LogP contribution is 2.30. The number of aliphatic hydroxyl groups excluding tert-OH is 1. The Balaban J connectivity index is 2.56. The molecule has 0 bridgehead atoms. The van der Waals surface area contributed by atoms with Crippen molar-refractivity contribution in [2.24, 2.45) is 0 Å². The van der Waals surface area contributed by atoms with Gasteiger partial charge in [0, 0.05) is 25.3 Å². The Labute approximate surface area is 121 Å². The standard InChI is InChI=1S/C12H17F3N2O3S/c1-9(18)8-16-6-7-17-10-2-4-11(5-3-10)21(19,20)12(13,14)15/h2-5,9,16-18H,6-8H2,1H3. The normalized spacial score (nSPS) is 14.0. The third-order valence-corrected chi connectivity index (χ3v) is 4.04. The lowest BCUT2D eigenvalue weighted by Crippen LogP contribution is -2.28. The summed E-state index contributed by atoms with van der Waals surface area (Å²) in [6.45, 7) is 3.11. The second kappa shape index (κ2) is 7.10. The lowest BCUT2D eigenvalue weighted by molar-refractivity contribution is -0.0436. The van der Waals surface area contributed by atoms with Crippen LogP contribution in [0.5, 0.6) is 0 Å². The van der Waals surface area contributed by atoms with Gasteiger partial charge >= 0.3 is 5.51 Å². The van der Waals surface area contributed by atoms with Gasteiger partial charge in [-0.25, -0.2) is 8.42 Å². The summed E-state index contributed by atoms with van der Waals surface area (Å²) in [5.41, 5.74) is -4.79. The Morgan fingerprint density at radius 1 is 1.19 bits per heavy atom. The third-order valence-electron chi connectivity index (χ3n) is 2.54. The third kappa shape index (κ3) is 5.18. The Kier molecular flexibility index (Phi) is 5.99. The van der Waals surface area contributed by atoms with E-state index >= 15 is 0 Å². The smallest absolute Gasteiger partial charge is 0.392 e. The molecule has 0 spiro atoms. The molecular weight excluding hydrogens is 309 g/mol. The Hall–Kier alpha value is -1.32. The van der Waals surface area contributed by atoms with E-state index in [4.69, 9.17) is 5.11 Å². The quantitative estimate of drug-likeness (QED) is 0.660. The lowest BCUT2D eigenvalue weighted by Gasteiger charge is -2.11. The van der Waals surface area contributed by atoms with Crippen LogP contribution < -0.4 is 10.6 Å². The van der Waals surface area contributed by atoms with E-state index in [1.165, 1.54) is 12.1 Å². The van der Waals surface area contributed by atoms with Gasteiger partial charge in [-0.15, -0.1) is 0 Å². The average Bonchev–Trinajstić information content (AvgIpc) is 2.37. The van der Waals surface area contributed by atoms with Crippen LogP contribution in [0.3, 0.4) is 0 Å². The van der Waals surface area contributed by atoms with Gasteiger partial charge in [0.25, 0.3) is 9.84 Å². The van der Waals surface area contributed by atoms with E-state index in [2.05, 4.69) is 10.6 Å². The minimum Gasteiger partial charge on any atom is -0.392 e. The van der Waals surface area contributed by atoms with Gasteiger partial charge in [0.1, 0.15) is 0 Å². The van der Waals surface area contributed by atoms with Crippen LogP contribution in [-0.2, 0) is 9.84 Å². The molecule has 120 valence electrons. The van der Waals surface area contributed by atoms with Crippen LogP contribution in [0.1, 0.15) is 6.92 Å². The van der Waals surface area contributed by atoms with Crippen molar-refractivity contribution in [1.82, 2.24) is 5.32 Å². The number of aliphatic hydroxyl groups is 1. The zero-order valence-corrected chi connectivity index (χ0v) is 12.1. The molecule has 0 heterocycles. The predicted octanol–water partition coefficient (Wildman–Crippen LogP) is 1.36. The van der Waals surface area contributed by atoms with Crippen molar-refractivity contribution in [2.75, 3.05) is 25.0 Å². The molecule has 0 amide bonds. The van der Waals surface area contributed by atoms with Crippen molar-refractivity contribution in [1.29, 1.82) is 0 Å². The largest absolute Gasteiger partial charge is 0.501 e. The number of halogens is 3. The molecule has 1 rings (SSSR count). The highest BCUT2D eigenvalue weighted by atomic mass is 32.2. The van der Waals surface area contributed by atoms with Gasteiger partial charge in [0.05, 0.1) is 11.0 Å². The number of hydrogen-bond acceptors (Lipinski definition) is 5. The highest BCUT2D eigenvalue weighted by molar-refractivity contribution is 7.92. The zero-order valence-electron chi connectivity index (χ0n) is 11.3. The molecule has 1 atom stereocenters. The maximum absolute atomic E-state index is 12.3. The lowest BCUT2D eigenvalue weighted by atomic mass is 10.3. The monoisotopic (exact) mass is 326 g/mol. The summed E-state index contributed by atoms with van der Waals surface area (Å²) in [5, 5.41) is 14.9. The van der Waals surface area contributed by atoms with Crippen molar-refractivity contribution in [3.05, 3.63) is 24.3 Å². The summed E-state index contributed by atoms with van der Waals surface area (Å²) in [5.74, 6) is 0. The van der Waals surface area contributed by atoms with Crippen LogP contribution in [0, 0.1) is 0 Å². The van der Waals surface area contributed by atoms with Crippen molar-refractivity contribution >= 4 is 15.5 Å². The maximum atomic E-state index is 12.3. The Bertz CT molecular complexity index is 542. The fourth-order valence-corrected chi connectivity index (χ4v) is 2.25. The first kappa shape index (κ1) is 17.7. The van der Waals surface area contributed by atoms with Gasteiger partial charge in [0.15, 0.2) is 0 Å². The molecule has 1 aromatic carbocycles. The van der Waals surface area contributed by atoms with Crippen molar-refractivity contribution in [3.8, 4) is 0 Å². The molecule has 5 nitrogen and oxygen atoms in total. The Morgan fingerprint density at radius 3 is 2.24 bits per heavy atom. The zero-order chi connectivity index (χ0) is 16.1. The van der Waals surface area contributed by atoms with Crippen molar-refractivity contribution in [2.45, 2.75) is 23.4 Å². The number of alkyl halides is 3. The molecule has 0 saturated heterocycles. The Morgan fingerprint density at radius 2 is 1.76 bits per heavy atom. The minimum absolute atomic E-state index is 0.435. The predicted molar refractivity (Wildman–Crippen MR) is 72.7 cm³/mol. The first-order chi connectivity index (χ1) is 9.64. The molecule has 1 aromatic rings. The maximum Gasteiger partial charge on any atom is 0.501 e. The topological polar surface area (TPSA) is 78.4 Å². The highest BCUT2D eigenvalue weighted by Gasteiger charge is 2.46. The van der Waals surface area contributed by atoms with Gasteiger partial charge in [-0.3, -0.25) is 0 Å². The fraction of sp³-hybridized carbons (Fsp3) is 0.500. The van der Waals surface area contributed by atoms with Crippen molar-refractivity contribution in [3.63, 3.8) is 0 Å². The molecule has 0 aromatic heterocycles. The fourth-order valence-electron chi connectivity index (χ4n) is 1.49. The number of hydrogen-bond donors (Lipinski definition) is 3. The average molecular weight is 326 g/mol. The van der Waals surface area contributed by atoms with Crippen LogP contribution in [-0.4, -0.2) is 44.8 Å². The molecule has 0 aliphatic heterocycles. The van der Waals surface area contributed by atoms with E-state index in [1.54, 1.807) is 6.92 Å². The van der Waals surface area contributed by atoms with Gasteiger partial charge in [-0.2, -0.15) is 13.2 Å². The summed E-state index contributed by atoms with van der Waals surface area (Å²) < 4.78 is 59.3. The summed E-state index contributed by atoms with van der Waals surface area (Å²) in [7, 11) is -5.30. The summed E-state index contributed by atoms with van der Waals surface area (Å²) in [6, 6.07) is 4.36. The van der Waals surface area contributed by atoms with Gasteiger partial charge in [-0.1, -0.05) is 0 Å². The molecule has 0 aliphatic rings.